The minimum Gasteiger partial charge on any atom is -0.478 e. The third kappa shape index (κ3) is 3.44. The number of carboxylic acid groups (broad SMARTS) is 1. The summed E-state index contributed by atoms with van der Waals surface area (Å²) in [5, 5.41) is 9.19. The predicted octanol–water partition coefficient (Wildman–Crippen LogP) is 3.91. The fraction of sp³-hybridized carbons (Fsp3) is 0.0526. The lowest BCUT2D eigenvalue weighted by atomic mass is 10.1. The summed E-state index contributed by atoms with van der Waals surface area (Å²) in [6, 6.07) is 11.4. The molecule has 5 nitrogen and oxygen atoms in total. The molecule has 1 N–H and O–H groups in total. The molecule has 0 aromatic heterocycles. The molecule has 0 saturated carbocycles. The van der Waals surface area contributed by atoms with Crippen LogP contribution in [0.5, 0.6) is 0 Å². The zero-order valence-electron chi connectivity index (χ0n) is 13.6. The van der Waals surface area contributed by atoms with Crippen LogP contribution in [-0.4, -0.2) is 27.6 Å². The number of thioether (sulfide) groups is 1. The molecule has 0 unspecified atom stereocenters. The van der Waals surface area contributed by atoms with Crippen LogP contribution in [0.15, 0.2) is 47.4 Å². The van der Waals surface area contributed by atoms with E-state index in [-0.39, 0.29) is 11.5 Å². The summed E-state index contributed by atoms with van der Waals surface area (Å²) in [7, 11) is 0. The average Bonchev–Trinajstić information content (AvgIpc) is 2.89. The number of hydrogen-bond acceptors (Lipinski definition) is 5. The minimum absolute atomic E-state index is 0.0908. The van der Waals surface area contributed by atoms with Crippen molar-refractivity contribution in [2.45, 2.75) is 6.92 Å². The number of rotatable bonds is 4. The lowest BCUT2D eigenvalue weighted by Crippen LogP contribution is -2.28. The Hall–Kier alpha value is -2.77. The summed E-state index contributed by atoms with van der Waals surface area (Å²) in [4.78, 5) is 36.6. The number of aryl methyl sites for hydroxylation is 1. The molecule has 0 spiro atoms. The number of carbonyl (C=O) groups is 3. The monoisotopic (exact) mass is 383 g/mol. The summed E-state index contributed by atoms with van der Waals surface area (Å²) in [6.45, 7) is 1.79. The Balaban J connectivity index is 1.96. The summed E-state index contributed by atoms with van der Waals surface area (Å²) < 4.78 is 0.344. The molecule has 7 heteroatoms. The molecule has 3 rings (SSSR count). The first kappa shape index (κ1) is 18.0. The maximum absolute atomic E-state index is 12.8. The van der Waals surface area contributed by atoms with Crippen LogP contribution >= 0.6 is 24.0 Å². The van der Waals surface area contributed by atoms with Gasteiger partial charge in [0.25, 0.3) is 5.91 Å². The van der Waals surface area contributed by atoms with E-state index in [4.69, 9.17) is 12.2 Å². The van der Waals surface area contributed by atoms with Crippen LogP contribution in [0.3, 0.4) is 0 Å². The van der Waals surface area contributed by atoms with Gasteiger partial charge in [0.15, 0.2) is 4.32 Å². The molecule has 1 heterocycles. The Morgan fingerprint density at radius 3 is 2.42 bits per heavy atom. The molecule has 0 bridgehead atoms. The topological polar surface area (TPSA) is 74.7 Å². The number of benzene rings is 2. The first-order valence-corrected chi connectivity index (χ1v) is 8.80. The number of thiocarbonyl (C=S) groups is 1. The molecule has 0 radical (unpaired) electrons. The van der Waals surface area contributed by atoms with Crippen molar-refractivity contribution >= 4 is 58.2 Å². The summed E-state index contributed by atoms with van der Waals surface area (Å²) in [5.41, 5.74) is 2.63. The van der Waals surface area contributed by atoms with Crippen molar-refractivity contribution in [2.24, 2.45) is 0 Å². The Morgan fingerprint density at radius 2 is 1.81 bits per heavy atom. The quantitative estimate of drug-likeness (QED) is 0.490. The zero-order chi connectivity index (χ0) is 18.8. The molecule has 0 aliphatic carbocycles. The highest BCUT2D eigenvalue weighted by atomic mass is 32.2. The van der Waals surface area contributed by atoms with Crippen molar-refractivity contribution < 1.29 is 19.5 Å². The zero-order valence-corrected chi connectivity index (χ0v) is 15.3. The van der Waals surface area contributed by atoms with Gasteiger partial charge in [0, 0.05) is 5.56 Å². The van der Waals surface area contributed by atoms with E-state index in [1.807, 2.05) is 0 Å². The van der Waals surface area contributed by atoms with Crippen LogP contribution in [0, 0.1) is 6.92 Å². The van der Waals surface area contributed by atoms with Gasteiger partial charge in [-0.3, -0.25) is 14.5 Å². The van der Waals surface area contributed by atoms with Crippen LogP contribution in [0.1, 0.15) is 31.8 Å². The summed E-state index contributed by atoms with van der Waals surface area (Å²) >= 11 is 6.49. The Kier molecular flexibility index (Phi) is 5.01. The standard InChI is InChI=1S/C19H13NO4S2/c1-11-2-7-14(18(23)24)9-15(11)20-17(22)16(26-19(20)25)8-12-3-5-13(10-21)6-4-12/h2-10H,1H3,(H,23,24). The van der Waals surface area contributed by atoms with Crippen LogP contribution < -0.4 is 4.90 Å². The Morgan fingerprint density at radius 1 is 1.15 bits per heavy atom. The van der Waals surface area contributed by atoms with Crippen molar-refractivity contribution in [3.8, 4) is 0 Å². The van der Waals surface area contributed by atoms with Crippen LogP contribution in [0.25, 0.3) is 6.08 Å². The highest BCUT2D eigenvalue weighted by Gasteiger charge is 2.34. The van der Waals surface area contributed by atoms with E-state index in [9.17, 15) is 19.5 Å². The number of aldehydes is 1. The largest absolute Gasteiger partial charge is 0.478 e. The number of carboxylic acids is 1. The van der Waals surface area contributed by atoms with Gasteiger partial charge < -0.3 is 5.11 Å². The number of anilines is 1. The molecular weight excluding hydrogens is 370 g/mol. The lowest BCUT2D eigenvalue weighted by molar-refractivity contribution is -0.113. The molecule has 26 heavy (non-hydrogen) atoms. The Bertz CT molecular complexity index is 964. The van der Waals surface area contributed by atoms with Crippen LogP contribution in [0.4, 0.5) is 5.69 Å². The molecule has 1 aliphatic rings. The highest BCUT2D eigenvalue weighted by molar-refractivity contribution is 8.27. The fourth-order valence-corrected chi connectivity index (χ4v) is 3.77. The van der Waals surface area contributed by atoms with Crippen molar-refractivity contribution in [3.05, 3.63) is 69.6 Å². The fourth-order valence-electron chi connectivity index (χ4n) is 2.48. The molecule has 1 aliphatic heterocycles. The molecule has 2 aromatic rings. The minimum atomic E-state index is -1.07. The van der Waals surface area contributed by atoms with E-state index in [2.05, 4.69) is 0 Å². The van der Waals surface area contributed by atoms with Gasteiger partial charge in [0.2, 0.25) is 0 Å². The number of aromatic carboxylic acids is 1. The van der Waals surface area contributed by atoms with Crippen molar-refractivity contribution in [1.82, 2.24) is 0 Å². The first-order valence-electron chi connectivity index (χ1n) is 7.58. The van der Waals surface area contributed by atoms with Gasteiger partial charge in [-0.05, 0) is 36.3 Å². The molecule has 1 fully saturated rings. The van der Waals surface area contributed by atoms with Crippen molar-refractivity contribution in [3.63, 3.8) is 0 Å². The second kappa shape index (κ2) is 7.23. The van der Waals surface area contributed by atoms with E-state index >= 15 is 0 Å². The SMILES string of the molecule is Cc1ccc(C(=O)O)cc1N1C(=O)C(=Cc2ccc(C=O)cc2)SC1=S. The second-order valence-electron chi connectivity index (χ2n) is 5.61. The smallest absolute Gasteiger partial charge is 0.335 e. The third-order valence-corrected chi connectivity index (χ3v) is 5.16. The summed E-state index contributed by atoms with van der Waals surface area (Å²) in [5.74, 6) is -1.37. The van der Waals surface area contributed by atoms with E-state index in [1.54, 1.807) is 43.3 Å². The van der Waals surface area contributed by atoms with Crippen molar-refractivity contribution in [1.29, 1.82) is 0 Å². The third-order valence-electron chi connectivity index (χ3n) is 3.86. The van der Waals surface area contributed by atoms with Gasteiger partial charge in [-0.15, -0.1) is 0 Å². The van der Waals surface area contributed by atoms with Gasteiger partial charge >= 0.3 is 5.97 Å². The van der Waals surface area contributed by atoms with Gasteiger partial charge in [0.1, 0.15) is 6.29 Å². The number of nitrogens with zero attached hydrogens (tertiary/aromatic N) is 1. The van der Waals surface area contributed by atoms with Gasteiger partial charge in [-0.1, -0.05) is 54.3 Å². The molecule has 130 valence electrons. The normalized spacial score (nSPS) is 15.6. The highest BCUT2D eigenvalue weighted by Crippen LogP contribution is 2.37. The van der Waals surface area contributed by atoms with Gasteiger partial charge in [-0.25, -0.2) is 4.79 Å². The summed E-state index contributed by atoms with van der Waals surface area (Å²) in [6.07, 6.45) is 2.45. The van der Waals surface area contributed by atoms with Crippen LogP contribution in [0.2, 0.25) is 0 Å². The average molecular weight is 383 g/mol. The maximum atomic E-state index is 12.8. The van der Waals surface area contributed by atoms with Crippen molar-refractivity contribution in [2.75, 3.05) is 4.90 Å². The maximum Gasteiger partial charge on any atom is 0.335 e. The number of amides is 1. The molecule has 1 amide bonds. The van der Waals surface area contributed by atoms with Gasteiger partial charge in [0.05, 0.1) is 16.2 Å². The molecule has 1 saturated heterocycles. The number of hydrogen-bond donors (Lipinski definition) is 1. The lowest BCUT2D eigenvalue weighted by Gasteiger charge is -2.17. The van der Waals surface area contributed by atoms with E-state index in [1.165, 1.54) is 17.0 Å². The molecular formula is C19H13NO4S2. The molecule has 2 aromatic carbocycles. The number of carbonyl (C=O) groups excluding carboxylic acids is 2. The van der Waals surface area contributed by atoms with E-state index in [0.29, 0.717) is 20.5 Å². The second-order valence-corrected chi connectivity index (χ2v) is 7.28. The van der Waals surface area contributed by atoms with Gasteiger partial charge in [-0.2, -0.15) is 0 Å². The van der Waals surface area contributed by atoms with E-state index < -0.39 is 5.97 Å². The molecule has 0 atom stereocenters. The Labute approximate surface area is 159 Å². The van der Waals surface area contributed by atoms with Crippen LogP contribution in [-0.2, 0) is 4.79 Å². The predicted molar refractivity (Wildman–Crippen MR) is 106 cm³/mol. The van der Waals surface area contributed by atoms with E-state index in [0.717, 1.165) is 29.2 Å². The first-order chi connectivity index (χ1) is 12.4.